The van der Waals surface area contributed by atoms with E-state index in [0.717, 1.165) is 21.0 Å². The Bertz CT molecular complexity index is 582. The van der Waals surface area contributed by atoms with E-state index in [1.54, 1.807) is 0 Å². The lowest BCUT2D eigenvalue weighted by Gasteiger charge is -2.48. The molecule has 0 N–H and O–H groups in total. The second-order valence-electron chi connectivity index (χ2n) is 9.64. The van der Waals surface area contributed by atoms with Gasteiger partial charge in [-0.3, -0.25) is 0 Å². The summed E-state index contributed by atoms with van der Waals surface area (Å²) < 4.78 is 128. The van der Waals surface area contributed by atoms with E-state index in [4.69, 9.17) is 0 Å². The van der Waals surface area contributed by atoms with Crippen molar-refractivity contribution >= 4 is 0 Å². The van der Waals surface area contributed by atoms with Crippen molar-refractivity contribution in [3.63, 3.8) is 0 Å². The molecule has 0 spiro atoms. The highest BCUT2D eigenvalue weighted by molar-refractivity contribution is 5.26. The second kappa shape index (κ2) is 7.50. The Balaban J connectivity index is 3.86. The van der Waals surface area contributed by atoms with Gasteiger partial charge >= 0.3 is 12.1 Å². The van der Waals surface area contributed by atoms with Gasteiger partial charge in [0, 0.05) is 18.4 Å². The van der Waals surface area contributed by atoms with Gasteiger partial charge in [0.15, 0.2) is 0 Å². The zero-order valence-corrected chi connectivity index (χ0v) is 17.7. The minimum atomic E-state index is -5.81. The van der Waals surface area contributed by atoms with Gasteiger partial charge in [-0.25, -0.2) is 13.2 Å². The summed E-state index contributed by atoms with van der Waals surface area (Å²) in [4.78, 5) is 0. The first-order valence-corrected chi connectivity index (χ1v) is 9.32. The van der Waals surface area contributed by atoms with E-state index in [0.29, 0.717) is 0 Å². The first-order valence-electron chi connectivity index (χ1n) is 9.32. The van der Waals surface area contributed by atoms with E-state index in [1.807, 2.05) is 0 Å². The van der Waals surface area contributed by atoms with Crippen LogP contribution in [0.15, 0.2) is 0 Å². The third kappa shape index (κ3) is 3.77. The molecule has 3 unspecified atom stereocenters. The normalized spacial score (nSPS) is 31.3. The quantitative estimate of drug-likeness (QED) is 0.320. The Hall–Kier alpha value is -0.640. The molecule has 10 heteroatoms. The van der Waals surface area contributed by atoms with Crippen LogP contribution in [0, 0.1) is 16.7 Å². The van der Waals surface area contributed by atoms with Crippen molar-refractivity contribution in [1.82, 2.24) is 0 Å². The Morgan fingerprint density at radius 1 is 0.931 bits per heavy atom. The van der Waals surface area contributed by atoms with E-state index >= 15 is 22.0 Å². The Labute approximate surface area is 166 Å². The van der Waals surface area contributed by atoms with Crippen molar-refractivity contribution in [2.24, 2.45) is 16.7 Å². The SMILES string of the molecule is CCC(C)(C)C(F)(F)C1(F)C(CC(C)(C)C)CC(OCOC)(C(F)(F)F)C1(F)F. The van der Waals surface area contributed by atoms with Crippen LogP contribution in [0.5, 0.6) is 0 Å². The van der Waals surface area contributed by atoms with E-state index in [9.17, 15) is 13.2 Å². The van der Waals surface area contributed by atoms with Gasteiger partial charge in [0.2, 0.25) is 11.3 Å². The Morgan fingerprint density at radius 3 is 1.76 bits per heavy atom. The summed E-state index contributed by atoms with van der Waals surface area (Å²) in [5, 5.41) is 0. The number of hydrogen-bond donors (Lipinski definition) is 0. The smallest absolute Gasteiger partial charge is 0.359 e. The summed E-state index contributed by atoms with van der Waals surface area (Å²) in [5.74, 6) is -12.7. The lowest BCUT2D eigenvalue weighted by atomic mass is 9.67. The van der Waals surface area contributed by atoms with Crippen LogP contribution < -0.4 is 0 Å². The van der Waals surface area contributed by atoms with Crippen molar-refractivity contribution < 1.29 is 44.6 Å². The predicted octanol–water partition coefficient (Wildman–Crippen LogP) is 6.78. The van der Waals surface area contributed by atoms with Gasteiger partial charge in [-0.2, -0.15) is 22.0 Å². The average molecular weight is 442 g/mol. The molecule has 0 heterocycles. The van der Waals surface area contributed by atoms with Crippen LogP contribution in [0.1, 0.15) is 60.8 Å². The fraction of sp³-hybridized carbons (Fsp3) is 1.00. The molecule has 1 aliphatic carbocycles. The van der Waals surface area contributed by atoms with Crippen LogP contribution in [-0.4, -0.2) is 43.2 Å². The highest BCUT2D eigenvalue weighted by Gasteiger charge is 2.91. The highest BCUT2D eigenvalue weighted by Crippen LogP contribution is 2.70. The monoisotopic (exact) mass is 442 g/mol. The maximum absolute atomic E-state index is 16.1. The van der Waals surface area contributed by atoms with Gasteiger partial charge in [0.05, 0.1) is 0 Å². The maximum atomic E-state index is 16.1. The third-order valence-corrected chi connectivity index (χ3v) is 5.99. The fourth-order valence-corrected chi connectivity index (χ4v) is 3.97. The van der Waals surface area contributed by atoms with Crippen molar-refractivity contribution in [3.8, 4) is 0 Å². The molecule has 0 saturated heterocycles. The van der Waals surface area contributed by atoms with Gasteiger partial charge < -0.3 is 9.47 Å². The van der Waals surface area contributed by atoms with Crippen molar-refractivity contribution in [1.29, 1.82) is 0 Å². The predicted molar refractivity (Wildman–Crippen MR) is 91.7 cm³/mol. The van der Waals surface area contributed by atoms with E-state index in [2.05, 4.69) is 9.47 Å². The first-order chi connectivity index (χ1) is 12.7. The Morgan fingerprint density at radius 2 is 1.41 bits per heavy atom. The van der Waals surface area contributed by atoms with Gasteiger partial charge in [-0.15, -0.1) is 0 Å². The maximum Gasteiger partial charge on any atom is 0.423 e. The van der Waals surface area contributed by atoms with E-state index < -0.39 is 72.1 Å². The molecule has 0 radical (unpaired) electrons. The minimum Gasteiger partial charge on any atom is -0.359 e. The molecule has 0 aromatic carbocycles. The molecule has 174 valence electrons. The summed E-state index contributed by atoms with van der Waals surface area (Å²) in [5.41, 5.74) is -12.5. The zero-order chi connectivity index (χ0) is 23.3. The van der Waals surface area contributed by atoms with Gasteiger partial charge in [0.1, 0.15) is 6.79 Å². The lowest BCUT2D eigenvalue weighted by Crippen LogP contribution is -2.70. The molecule has 0 aliphatic heterocycles. The fourth-order valence-electron chi connectivity index (χ4n) is 3.97. The van der Waals surface area contributed by atoms with Gasteiger partial charge in [-0.1, -0.05) is 41.5 Å². The number of hydrogen-bond acceptors (Lipinski definition) is 2. The standard InChI is InChI=1S/C19H30F8O2/c1-8-14(5,6)17(21,22)16(20)12(9-13(2,3)4)10-15(18(16,23)24,19(25,26)27)29-11-28-7/h12H,8-11H2,1-7H3. The number of alkyl halides is 8. The molecule has 0 amide bonds. The molecule has 0 bridgehead atoms. The summed E-state index contributed by atoms with van der Waals surface area (Å²) in [6.07, 6.45) is -8.51. The zero-order valence-electron chi connectivity index (χ0n) is 17.7. The van der Waals surface area contributed by atoms with Crippen LogP contribution >= 0.6 is 0 Å². The average Bonchev–Trinajstić information content (AvgIpc) is 2.70. The van der Waals surface area contributed by atoms with E-state index in [-0.39, 0.29) is 0 Å². The molecule has 1 saturated carbocycles. The van der Waals surface area contributed by atoms with E-state index in [1.165, 1.54) is 27.7 Å². The molecular weight excluding hydrogens is 412 g/mol. The first kappa shape index (κ1) is 26.4. The number of methoxy groups -OCH3 is 1. The molecule has 29 heavy (non-hydrogen) atoms. The largest absolute Gasteiger partial charge is 0.423 e. The van der Waals surface area contributed by atoms with Gasteiger partial charge in [-0.05, 0) is 24.7 Å². The lowest BCUT2D eigenvalue weighted by molar-refractivity contribution is -0.384. The van der Waals surface area contributed by atoms with Crippen LogP contribution in [0.4, 0.5) is 35.1 Å². The summed E-state index contributed by atoms with van der Waals surface area (Å²) in [6.45, 7) is 6.08. The molecule has 2 nitrogen and oxygen atoms in total. The number of ether oxygens (including phenoxy) is 2. The van der Waals surface area contributed by atoms with Crippen LogP contribution in [0.25, 0.3) is 0 Å². The van der Waals surface area contributed by atoms with Crippen LogP contribution in [0.2, 0.25) is 0 Å². The molecule has 3 atom stereocenters. The number of halogens is 8. The summed E-state index contributed by atoms with van der Waals surface area (Å²) in [7, 11) is 0.890. The molecular formula is C19H30F8O2. The molecule has 1 rings (SSSR count). The third-order valence-electron chi connectivity index (χ3n) is 5.99. The summed E-state index contributed by atoms with van der Waals surface area (Å²) >= 11 is 0. The Kier molecular flexibility index (Phi) is 6.82. The molecule has 1 aliphatic rings. The molecule has 0 aromatic rings. The number of rotatable bonds is 7. The minimum absolute atomic E-state index is 0.429. The van der Waals surface area contributed by atoms with Crippen molar-refractivity contribution in [3.05, 3.63) is 0 Å². The van der Waals surface area contributed by atoms with Crippen molar-refractivity contribution in [2.45, 2.75) is 90.1 Å². The summed E-state index contributed by atoms with van der Waals surface area (Å²) in [6, 6.07) is 0. The topological polar surface area (TPSA) is 18.5 Å². The highest BCUT2D eigenvalue weighted by atomic mass is 19.4. The molecule has 0 aromatic heterocycles. The van der Waals surface area contributed by atoms with Crippen LogP contribution in [-0.2, 0) is 9.47 Å². The molecule has 1 fully saturated rings. The second-order valence-corrected chi connectivity index (χ2v) is 9.64. The van der Waals surface area contributed by atoms with Crippen molar-refractivity contribution in [2.75, 3.05) is 13.9 Å². The van der Waals surface area contributed by atoms with Crippen LogP contribution in [0.3, 0.4) is 0 Å². The van der Waals surface area contributed by atoms with Gasteiger partial charge in [0.25, 0.3) is 5.92 Å².